The molecule has 8 nitrogen and oxygen atoms in total. The zero-order valence-corrected chi connectivity index (χ0v) is 11.5. The number of nitro groups is 1. The highest BCUT2D eigenvalue weighted by molar-refractivity contribution is 5.83. The maximum Gasteiger partial charge on any atom is 0.283 e. The maximum absolute atomic E-state index is 10.8. The van der Waals surface area contributed by atoms with Crippen LogP contribution in [0.15, 0.2) is 57.6 Å². The highest BCUT2D eigenvalue weighted by Crippen LogP contribution is 2.30. The normalized spacial score (nSPS) is 11.0. The molecule has 0 aliphatic carbocycles. The van der Waals surface area contributed by atoms with E-state index in [1.165, 1.54) is 18.2 Å². The molecular formula is C15H8N4O4. The third-order valence-corrected chi connectivity index (χ3v) is 3.25. The molecule has 0 saturated carbocycles. The van der Waals surface area contributed by atoms with Crippen molar-refractivity contribution >= 4 is 16.7 Å². The Morgan fingerprint density at radius 2 is 1.91 bits per heavy atom. The molecule has 0 aliphatic heterocycles. The molecule has 0 aliphatic rings. The van der Waals surface area contributed by atoms with Crippen LogP contribution in [-0.2, 0) is 0 Å². The summed E-state index contributed by atoms with van der Waals surface area (Å²) in [7, 11) is 0. The fourth-order valence-corrected chi connectivity index (χ4v) is 2.18. The number of pyridine rings is 1. The van der Waals surface area contributed by atoms with Gasteiger partial charge in [-0.25, -0.2) is 0 Å². The zero-order valence-electron chi connectivity index (χ0n) is 11.5. The van der Waals surface area contributed by atoms with E-state index in [1.807, 2.05) is 0 Å². The molecule has 0 radical (unpaired) electrons. The van der Waals surface area contributed by atoms with Gasteiger partial charge in [-0.05, 0) is 24.3 Å². The largest absolute Gasteiger partial charge is 0.451 e. The minimum Gasteiger partial charge on any atom is -0.451 e. The van der Waals surface area contributed by atoms with Gasteiger partial charge in [0, 0.05) is 29.9 Å². The standard InChI is InChI=1S/C15H8N4O4/c20-19(21)11-3-4-12-10(6-11)7-13(22-12)15-18-17-14(23-15)9-2-1-5-16-8-9/h1-8H. The molecule has 3 aromatic heterocycles. The lowest BCUT2D eigenvalue weighted by Gasteiger charge is -1.91. The molecule has 112 valence electrons. The van der Waals surface area contributed by atoms with Crippen LogP contribution >= 0.6 is 0 Å². The first-order valence-corrected chi connectivity index (χ1v) is 6.63. The second kappa shape index (κ2) is 5.02. The zero-order chi connectivity index (χ0) is 15.8. The lowest BCUT2D eigenvalue weighted by molar-refractivity contribution is -0.384. The number of rotatable bonds is 3. The lowest BCUT2D eigenvalue weighted by Crippen LogP contribution is -1.85. The van der Waals surface area contributed by atoms with Crippen LogP contribution in [0.4, 0.5) is 5.69 Å². The van der Waals surface area contributed by atoms with Gasteiger partial charge in [0.05, 0.1) is 10.5 Å². The quantitative estimate of drug-likeness (QED) is 0.421. The smallest absolute Gasteiger partial charge is 0.283 e. The number of nitro benzene ring substituents is 1. The van der Waals surface area contributed by atoms with Crippen LogP contribution in [0.5, 0.6) is 0 Å². The van der Waals surface area contributed by atoms with E-state index < -0.39 is 4.92 Å². The first kappa shape index (κ1) is 13.1. The Bertz CT molecular complexity index is 1010. The molecule has 0 spiro atoms. The number of nitrogens with zero attached hydrogens (tertiary/aromatic N) is 4. The highest BCUT2D eigenvalue weighted by Gasteiger charge is 2.16. The van der Waals surface area contributed by atoms with Crippen molar-refractivity contribution in [2.75, 3.05) is 0 Å². The number of benzene rings is 1. The Morgan fingerprint density at radius 1 is 1.04 bits per heavy atom. The van der Waals surface area contributed by atoms with Gasteiger partial charge >= 0.3 is 0 Å². The molecule has 4 aromatic rings. The summed E-state index contributed by atoms with van der Waals surface area (Å²) in [6.07, 6.45) is 3.26. The SMILES string of the molecule is O=[N+]([O-])c1ccc2oc(-c3nnc(-c4cccnc4)o3)cc2c1. The molecule has 0 N–H and O–H groups in total. The molecule has 0 unspecified atom stereocenters. The number of hydrogen-bond acceptors (Lipinski definition) is 7. The number of non-ortho nitro benzene ring substituents is 1. The molecule has 23 heavy (non-hydrogen) atoms. The van der Waals surface area contributed by atoms with E-state index in [4.69, 9.17) is 8.83 Å². The predicted molar refractivity (Wildman–Crippen MR) is 79.4 cm³/mol. The van der Waals surface area contributed by atoms with Gasteiger partial charge < -0.3 is 8.83 Å². The summed E-state index contributed by atoms with van der Waals surface area (Å²) in [4.78, 5) is 14.3. The van der Waals surface area contributed by atoms with E-state index >= 15 is 0 Å². The number of fused-ring (bicyclic) bond motifs is 1. The summed E-state index contributed by atoms with van der Waals surface area (Å²) in [5, 5.41) is 19.3. The van der Waals surface area contributed by atoms with E-state index in [0.29, 0.717) is 28.2 Å². The number of aromatic nitrogens is 3. The minimum atomic E-state index is -0.459. The summed E-state index contributed by atoms with van der Waals surface area (Å²) in [5.41, 5.74) is 1.19. The van der Waals surface area contributed by atoms with Gasteiger partial charge in [-0.15, -0.1) is 10.2 Å². The first-order chi connectivity index (χ1) is 11.2. The third-order valence-electron chi connectivity index (χ3n) is 3.25. The van der Waals surface area contributed by atoms with Crippen LogP contribution in [0.2, 0.25) is 0 Å². The van der Waals surface area contributed by atoms with E-state index in [1.54, 1.807) is 30.6 Å². The summed E-state index contributed by atoms with van der Waals surface area (Å²) < 4.78 is 11.2. The summed E-state index contributed by atoms with van der Waals surface area (Å²) >= 11 is 0. The van der Waals surface area contributed by atoms with Crippen LogP contribution in [0.25, 0.3) is 34.1 Å². The van der Waals surface area contributed by atoms with Gasteiger partial charge in [-0.2, -0.15) is 0 Å². The maximum atomic E-state index is 10.8. The van der Waals surface area contributed by atoms with Crippen molar-refractivity contribution in [1.82, 2.24) is 15.2 Å². The van der Waals surface area contributed by atoms with Crippen molar-refractivity contribution in [2.24, 2.45) is 0 Å². The van der Waals surface area contributed by atoms with Gasteiger partial charge in [0.2, 0.25) is 5.89 Å². The van der Waals surface area contributed by atoms with Crippen LogP contribution in [0, 0.1) is 10.1 Å². The second-order valence-corrected chi connectivity index (χ2v) is 4.74. The van der Waals surface area contributed by atoms with E-state index in [9.17, 15) is 10.1 Å². The van der Waals surface area contributed by atoms with E-state index in [-0.39, 0.29) is 11.6 Å². The fraction of sp³-hybridized carbons (Fsp3) is 0. The van der Waals surface area contributed by atoms with Gasteiger partial charge in [-0.3, -0.25) is 15.1 Å². The Labute approximate surface area is 128 Å². The molecule has 0 atom stereocenters. The molecule has 0 fully saturated rings. The van der Waals surface area contributed by atoms with Gasteiger partial charge in [-0.1, -0.05) is 0 Å². The van der Waals surface area contributed by atoms with Crippen LogP contribution in [-0.4, -0.2) is 20.1 Å². The Hall–Kier alpha value is -3.55. The van der Waals surface area contributed by atoms with Crippen molar-refractivity contribution in [3.63, 3.8) is 0 Å². The monoisotopic (exact) mass is 308 g/mol. The van der Waals surface area contributed by atoms with Crippen molar-refractivity contribution < 1.29 is 13.8 Å². The lowest BCUT2D eigenvalue weighted by atomic mass is 10.2. The van der Waals surface area contributed by atoms with Gasteiger partial charge in [0.25, 0.3) is 11.6 Å². The van der Waals surface area contributed by atoms with E-state index in [0.717, 1.165) is 0 Å². The Kier molecular flexibility index (Phi) is 2.87. The second-order valence-electron chi connectivity index (χ2n) is 4.74. The van der Waals surface area contributed by atoms with Crippen molar-refractivity contribution in [3.05, 3.63) is 58.9 Å². The predicted octanol–water partition coefficient (Wildman–Crippen LogP) is 3.45. The summed E-state index contributed by atoms with van der Waals surface area (Å²) in [6.45, 7) is 0. The highest BCUT2D eigenvalue weighted by atomic mass is 16.6. The minimum absolute atomic E-state index is 0.00794. The molecule has 8 heteroatoms. The average Bonchev–Trinajstić information content (AvgIpc) is 3.21. The molecule has 0 amide bonds. The number of furan rings is 1. The van der Waals surface area contributed by atoms with Gasteiger partial charge in [0.15, 0.2) is 5.76 Å². The topological polar surface area (TPSA) is 108 Å². The Balaban J connectivity index is 1.75. The third kappa shape index (κ3) is 2.31. The van der Waals surface area contributed by atoms with E-state index in [2.05, 4.69) is 15.2 Å². The number of hydrogen-bond donors (Lipinski definition) is 0. The van der Waals surface area contributed by atoms with Gasteiger partial charge in [0.1, 0.15) is 5.58 Å². The van der Waals surface area contributed by atoms with Crippen molar-refractivity contribution in [2.45, 2.75) is 0 Å². The van der Waals surface area contributed by atoms with Crippen molar-refractivity contribution in [3.8, 4) is 23.1 Å². The molecule has 0 saturated heterocycles. The molecule has 1 aromatic carbocycles. The molecule has 0 bridgehead atoms. The Morgan fingerprint density at radius 3 is 2.70 bits per heavy atom. The van der Waals surface area contributed by atoms with Crippen molar-refractivity contribution in [1.29, 1.82) is 0 Å². The average molecular weight is 308 g/mol. The van der Waals surface area contributed by atoms with Crippen LogP contribution < -0.4 is 0 Å². The van der Waals surface area contributed by atoms with Crippen LogP contribution in [0.3, 0.4) is 0 Å². The summed E-state index contributed by atoms with van der Waals surface area (Å²) in [6, 6.07) is 9.54. The molecule has 4 rings (SSSR count). The summed E-state index contributed by atoms with van der Waals surface area (Å²) in [5.74, 6) is 0.866. The molecular weight excluding hydrogens is 300 g/mol. The first-order valence-electron chi connectivity index (χ1n) is 6.63. The van der Waals surface area contributed by atoms with Crippen LogP contribution in [0.1, 0.15) is 0 Å². The fourth-order valence-electron chi connectivity index (χ4n) is 2.18. The molecule has 3 heterocycles.